The van der Waals surface area contributed by atoms with Crippen LogP contribution in [0.15, 0.2) is 18.3 Å². The van der Waals surface area contributed by atoms with Crippen LogP contribution in [0.25, 0.3) is 0 Å². The SMILES string of the molecule is CN1CCCC1CCOc1cc(CNC(C)(C)C)ccn1. The third kappa shape index (κ3) is 5.64. The lowest BCUT2D eigenvalue weighted by atomic mass is 10.1. The molecule has 0 bridgehead atoms. The smallest absolute Gasteiger partial charge is 0.213 e. The highest BCUT2D eigenvalue weighted by atomic mass is 16.5. The van der Waals surface area contributed by atoms with E-state index in [1.165, 1.54) is 24.9 Å². The summed E-state index contributed by atoms with van der Waals surface area (Å²) in [6, 6.07) is 4.75. The van der Waals surface area contributed by atoms with Crippen molar-refractivity contribution in [2.45, 2.75) is 58.2 Å². The fraction of sp³-hybridized carbons (Fsp3) is 0.706. The Bertz CT molecular complexity index is 442. The van der Waals surface area contributed by atoms with E-state index < -0.39 is 0 Å². The van der Waals surface area contributed by atoms with Crippen molar-refractivity contribution in [2.24, 2.45) is 0 Å². The van der Waals surface area contributed by atoms with Crippen molar-refractivity contribution >= 4 is 0 Å². The maximum atomic E-state index is 5.82. The van der Waals surface area contributed by atoms with Crippen LogP contribution in [-0.4, -0.2) is 41.7 Å². The first-order valence-electron chi connectivity index (χ1n) is 7.97. The summed E-state index contributed by atoms with van der Waals surface area (Å²) in [6.45, 7) is 9.32. The largest absolute Gasteiger partial charge is 0.478 e. The molecular formula is C17H29N3O. The first-order valence-corrected chi connectivity index (χ1v) is 7.97. The summed E-state index contributed by atoms with van der Waals surface area (Å²) in [7, 11) is 2.20. The van der Waals surface area contributed by atoms with Crippen molar-refractivity contribution in [3.8, 4) is 5.88 Å². The number of rotatable bonds is 6. The molecule has 2 rings (SSSR count). The van der Waals surface area contributed by atoms with Crippen LogP contribution in [0.1, 0.15) is 45.6 Å². The molecule has 4 nitrogen and oxygen atoms in total. The molecule has 0 aliphatic carbocycles. The molecule has 4 heteroatoms. The fourth-order valence-electron chi connectivity index (χ4n) is 2.65. The van der Waals surface area contributed by atoms with E-state index in [-0.39, 0.29) is 5.54 Å². The second-order valence-corrected chi connectivity index (χ2v) is 7.02. The lowest BCUT2D eigenvalue weighted by Crippen LogP contribution is -2.35. The molecule has 1 aliphatic heterocycles. The Morgan fingerprint density at radius 3 is 2.90 bits per heavy atom. The summed E-state index contributed by atoms with van der Waals surface area (Å²) in [5.74, 6) is 0.740. The topological polar surface area (TPSA) is 37.4 Å². The van der Waals surface area contributed by atoms with E-state index in [4.69, 9.17) is 4.74 Å². The first kappa shape index (κ1) is 16.2. The monoisotopic (exact) mass is 291 g/mol. The zero-order valence-electron chi connectivity index (χ0n) is 13.9. The van der Waals surface area contributed by atoms with Crippen LogP contribution in [0.3, 0.4) is 0 Å². The highest BCUT2D eigenvalue weighted by molar-refractivity contribution is 5.20. The molecule has 1 atom stereocenters. The van der Waals surface area contributed by atoms with E-state index in [2.05, 4.69) is 43.0 Å². The van der Waals surface area contributed by atoms with Crippen molar-refractivity contribution < 1.29 is 4.74 Å². The minimum absolute atomic E-state index is 0.122. The molecular weight excluding hydrogens is 262 g/mol. The van der Waals surface area contributed by atoms with Crippen LogP contribution < -0.4 is 10.1 Å². The Morgan fingerprint density at radius 1 is 1.43 bits per heavy atom. The molecule has 2 heterocycles. The third-order valence-corrected chi connectivity index (χ3v) is 3.99. The van der Waals surface area contributed by atoms with Crippen molar-refractivity contribution in [3.63, 3.8) is 0 Å². The van der Waals surface area contributed by atoms with Crippen molar-refractivity contribution in [2.75, 3.05) is 20.2 Å². The second kappa shape index (κ2) is 7.23. The van der Waals surface area contributed by atoms with E-state index in [9.17, 15) is 0 Å². The Hall–Kier alpha value is -1.13. The van der Waals surface area contributed by atoms with Gasteiger partial charge in [-0.3, -0.25) is 0 Å². The Balaban J connectivity index is 1.78. The number of ether oxygens (including phenoxy) is 1. The zero-order chi connectivity index (χ0) is 15.3. The van der Waals surface area contributed by atoms with E-state index in [1.54, 1.807) is 0 Å². The van der Waals surface area contributed by atoms with E-state index in [0.29, 0.717) is 6.04 Å². The molecule has 0 spiro atoms. The van der Waals surface area contributed by atoms with Gasteiger partial charge in [-0.15, -0.1) is 0 Å². The number of hydrogen-bond donors (Lipinski definition) is 1. The van der Waals surface area contributed by atoms with Gasteiger partial charge in [-0.25, -0.2) is 4.98 Å². The Morgan fingerprint density at radius 2 is 2.24 bits per heavy atom. The van der Waals surface area contributed by atoms with Gasteiger partial charge in [0.1, 0.15) is 0 Å². The highest BCUT2D eigenvalue weighted by Crippen LogP contribution is 2.18. The summed E-state index contributed by atoms with van der Waals surface area (Å²) in [5, 5.41) is 3.48. The molecule has 21 heavy (non-hydrogen) atoms. The van der Waals surface area contributed by atoms with Gasteiger partial charge in [0.05, 0.1) is 6.61 Å². The van der Waals surface area contributed by atoms with Gasteiger partial charge in [-0.05, 0) is 65.3 Å². The predicted octanol–water partition coefficient (Wildman–Crippen LogP) is 2.83. The van der Waals surface area contributed by atoms with Gasteiger partial charge in [-0.2, -0.15) is 0 Å². The fourth-order valence-corrected chi connectivity index (χ4v) is 2.65. The van der Waals surface area contributed by atoms with Gasteiger partial charge in [0, 0.05) is 30.4 Å². The van der Waals surface area contributed by atoms with Crippen LogP contribution in [0.4, 0.5) is 0 Å². The van der Waals surface area contributed by atoms with Crippen molar-refractivity contribution in [1.29, 1.82) is 0 Å². The third-order valence-electron chi connectivity index (χ3n) is 3.99. The molecule has 0 saturated carbocycles. The van der Waals surface area contributed by atoms with Crippen LogP contribution in [0, 0.1) is 0 Å². The number of pyridine rings is 1. The lowest BCUT2D eigenvalue weighted by molar-refractivity contribution is 0.228. The zero-order valence-corrected chi connectivity index (χ0v) is 13.9. The van der Waals surface area contributed by atoms with Crippen molar-refractivity contribution in [1.82, 2.24) is 15.2 Å². The van der Waals surface area contributed by atoms with Gasteiger partial charge in [0.25, 0.3) is 0 Å². The van der Waals surface area contributed by atoms with Crippen LogP contribution in [0.2, 0.25) is 0 Å². The molecule has 1 aliphatic rings. The maximum absolute atomic E-state index is 5.82. The van der Waals surface area contributed by atoms with Crippen LogP contribution >= 0.6 is 0 Å². The average Bonchev–Trinajstić information content (AvgIpc) is 2.82. The summed E-state index contributed by atoms with van der Waals surface area (Å²) >= 11 is 0. The van der Waals surface area contributed by atoms with Gasteiger partial charge in [0.2, 0.25) is 5.88 Å². The average molecular weight is 291 g/mol. The molecule has 0 aromatic carbocycles. The van der Waals surface area contributed by atoms with Gasteiger partial charge in [-0.1, -0.05) is 0 Å². The van der Waals surface area contributed by atoms with Gasteiger partial charge < -0.3 is 15.0 Å². The summed E-state index contributed by atoms with van der Waals surface area (Å²) in [5.41, 5.74) is 1.34. The Labute approximate surface area is 128 Å². The normalized spacial score (nSPS) is 19.9. The molecule has 0 radical (unpaired) electrons. The quantitative estimate of drug-likeness (QED) is 0.874. The number of hydrogen-bond acceptors (Lipinski definition) is 4. The van der Waals surface area contributed by atoms with Gasteiger partial charge in [0.15, 0.2) is 0 Å². The van der Waals surface area contributed by atoms with E-state index in [1.807, 2.05) is 18.3 Å². The van der Waals surface area contributed by atoms with E-state index in [0.717, 1.165) is 25.5 Å². The minimum Gasteiger partial charge on any atom is -0.478 e. The predicted molar refractivity (Wildman–Crippen MR) is 86.6 cm³/mol. The number of aromatic nitrogens is 1. The molecule has 1 saturated heterocycles. The van der Waals surface area contributed by atoms with Crippen LogP contribution in [-0.2, 0) is 6.54 Å². The number of nitrogens with zero attached hydrogens (tertiary/aromatic N) is 2. The second-order valence-electron chi connectivity index (χ2n) is 7.02. The summed E-state index contributed by atoms with van der Waals surface area (Å²) in [6.07, 6.45) is 5.52. The maximum Gasteiger partial charge on any atom is 0.213 e. The molecule has 1 unspecified atom stereocenters. The molecule has 118 valence electrons. The molecule has 1 aromatic heterocycles. The first-order chi connectivity index (χ1) is 9.94. The van der Waals surface area contributed by atoms with E-state index >= 15 is 0 Å². The van der Waals surface area contributed by atoms with Gasteiger partial charge >= 0.3 is 0 Å². The molecule has 0 amide bonds. The number of likely N-dealkylation sites (tertiary alicyclic amines) is 1. The molecule has 1 N–H and O–H groups in total. The molecule has 1 aromatic rings. The summed E-state index contributed by atoms with van der Waals surface area (Å²) < 4.78 is 5.82. The number of nitrogens with one attached hydrogen (secondary N) is 1. The highest BCUT2D eigenvalue weighted by Gasteiger charge is 2.20. The minimum atomic E-state index is 0.122. The Kier molecular flexibility index (Phi) is 5.59. The molecule has 1 fully saturated rings. The standard InChI is InChI=1S/C17H29N3O/c1-17(2,3)19-13-14-7-9-18-16(12-14)21-11-8-15-6-5-10-20(15)4/h7,9,12,15,19H,5-6,8,10-11,13H2,1-4H3. The lowest BCUT2D eigenvalue weighted by Gasteiger charge is -2.21. The summed E-state index contributed by atoms with van der Waals surface area (Å²) in [4.78, 5) is 6.73. The van der Waals surface area contributed by atoms with Crippen LogP contribution in [0.5, 0.6) is 5.88 Å². The van der Waals surface area contributed by atoms with Crippen molar-refractivity contribution in [3.05, 3.63) is 23.9 Å².